The topological polar surface area (TPSA) is 6.48 Å². The molecule has 0 bridgehead atoms. The van der Waals surface area contributed by atoms with Crippen LogP contribution in [0.15, 0.2) is 0 Å². The molecule has 0 atom stereocenters. The number of quaternary nitrogens is 2. The highest BCUT2D eigenvalue weighted by atomic mass is 15.4. The lowest BCUT2D eigenvalue weighted by molar-refractivity contribution is -0.928. The summed E-state index contributed by atoms with van der Waals surface area (Å²) in [5.74, 6) is 0. The van der Waals surface area contributed by atoms with Crippen molar-refractivity contribution in [3.05, 3.63) is 0 Å². The maximum Gasteiger partial charge on any atom is 0.0916 e. The number of hydrogen-bond acceptors (Lipinski definition) is 2. The number of hydrogen-bond donors (Lipinski definition) is 0. The summed E-state index contributed by atoms with van der Waals surface area (Å²) in [5.41, 5.74) is 0. The zero-order chi connectivity index (χ0) is 15.9. The summed E-state index contributed by atoms with van der Waals surface area (Å²) in [7, 11) is 6.79. The standard InChI is InChI=1S/C10H23N2.C7H17N2/c1-4-11-7-9-12(5-2,6-3)10-8-11;1-8-4-6-9(2,3)7-5-8/h4-10H2,1-3H3;4-7H2,1-3H3/q2*+1. The van der Waals surface area contributed by atoms with Gasteiger partial charge in [-0.2, -0.15) is 0 Å². The van der Waals surface area contributed by atoms with Crippen molar-refractivity contribution >= 4 is 0 Å². The summed E-state index contributed by atoms with van der Waals surface area (Å²) >= 11 is 0. The molecule has 126 valence electrons. The molecule has 2 fully saturated rings. The molecular weight excluding hydrogens is 260 g/mol. The summed E-state index contributed by atoms with van der Waals surface area (Å²) in [5, 5.41) is 0. The van der Waals surface area contributed by atoms with Gasteiger partial charge in [0.1, 0.15) is 0 Å². The molecule has 2 aliphatic heterocycles. The normalized spacial score (nSPS) is 26.0. The molecule has 0 aromatic rings. The molecule has 2 heterocycles. The quantitative estimate of drug-likeness (QED) is 0.723. The van der Waals surface area contributed by atoms with Gasteiger partial charge in [0.2, 0.25) is 0 Å². The van der Waals surface area contributed by atoms with Crippen molar-refractivity contribution in [3.63, 3.8) is 0 Å². The zero-order valence-electron chi connectivity index (χ0n) is 15.6. The third kappa shape index (κ3) is 6.23. The summed E-state index contributed by atoms with van der Waals surface area (Å²) in [4.78, 5) is 4.95. The molecule has 2 saturated heterocycles. The highest BCUT2D eigenvalue weighted by molar-refractivity contribution is 4.61. The predicted molar refractivity (Wildman–Crippen MR) is 92.5 cm³/mol. The Bertz CT molecular complexity index is 267. The Morgan fingerprint density at radius 2 is 1.24 bits per heavy atom. The first-order chi connectivity index (χ1) is 9.86. The van der Waals surface area contributed by atoms with E-state index in [0.29, 0.717) is 0 Å². The van der Waals surface area contributed by atoms with Gasteiger partial charge in [-0.1, -0.05) is 6.92 Å². The zero-order valence-corrected chi connectivity index (χ0v) is 15.6. The van der Waals surface area contributed by atoms with E-state index in [4.69, 9.17) is 0 Å². The van der Waals surface area contributed by atoms with Crippen LogP contribution in [0.4, 0.5) is 0 Å². The minimum absolute atomic E-state index is 1.20. The second-order valence-electron chi connectivity index (χ2n) is 7.54. The number of likely N-dealkylation sites (N-methyl/N-ethyl adjacent to an activating group) is 4. The third-order valence-electron chi connectivity index (χ3n) is 5.74. The molecule has 0 aliphatic carbocycles. The highest BCUT2D eigenvalue weighted by Gasteiger charge is 2.28. The Morgan fingerprint density at radius 1 is 0.762 bits per heavy atom. The average molecular weight is 301 g/mol. The van der Waals surface area contributed by atoms with Crippen LogP contribution in [-0.4, -0.2) is 112 Å². The Morgan fingerprint density at radius 3 is 1.57 bits per heavy atom. The molecular formula is C17H40N4+2. The van der Waals surface area contributed by atoms with E-state index in [1.807, 2.05) is 0 Å². The lowest BCUT2D eigenvalue weighted by Crippen LogP contribution is -2.59. The Kier molecular flexibility index (Phi) is 7.62. The molecule has 0 amide bonds. The van der Waals surface area contributed by atoms with Crippen LogP contribution < -0.4 is 0 Å². The van der Waals surface area contributed by atoms with Crippen molar-refractivity contribution in [2.24, 2.45) is 0 Å². The first-order valence-electron chi connectivity index (χ1n) is 8.94. The van der Waals surface area contributed by atoms with Gasteiger partial charge in [-0.25, -0.2) is 0 Å². The van der Waals surface area contributed by atoms with Crippen LogP contribution in [-0.2, 0) is 0 Å². The van der Waals surface area contributed by atoms with Gasteiger partial charge in [0.15, 0.2) is 0 Å². The third-order valence-corrected chi connectivity index (χ3v) is 5.74. The molecule has 0 aromatic heterocycles. The maximum absolute atomic E-state index is 2.56. The molecule has 4 nitrogen and oxygen atoms in total. The van der Waals surface area contributed by atoms with Crippen molar-refractivity contribution in [1.29, 1.82) is 0 Å². The van der Waals surface area contributed by atoms with Crippen LogP contribution >= 0.6 is 0 Å². The fourth-order valence-electron chi connectivity index (χ4n) is 3.21. The molecule has 0 aromatic carbocycles. The van der Waals surface area contributed by atoms with E-state index in [9.17, 15) is 0 Å². The van der Waals surface area contributed by atoms with E-state index in [-0.39, 0.29) is 0 Å². The Balaban J connectivity index is 0.000000219. The molecule has 21 heavy (non-hydrogen) atoms. The Labute approximate surface area is 133 Å². The van der Waals surface area contributed by atoms with Crippen molar-refractivity contribution in [3.8, 4) is 0 Å². The average Bonchev–Trinajstić information content (AvgIpc) is 2.51. The Hall–Kier alpha value is -0.160. The van der Waals surface area contributed by atoms with Gasteiger partial charge in [0.25, 0.3) is 0 Å². The number of piperazine rings is 2. The van der Waals surface area contributed by atoms with E-state index in [2.05, 4.69) is 51.7 Å². The van der Waals surface area contributed by atoms with Crippen molar-refractivity contribution < 1.29 is 8.97 Å². The van der Waals surface area contributed by atoms with E-state index >= 15 is 0 Å². The molecule has 0 spiro atoms. The molecule has 2 rings (SSSR count). The van der Waals surface area contributed by atoms with Gasteiger partial charge < -0.3 is 8.97 Å². The smallest absolute Gasteiger partial charge is 0.0916 e. The lowest BCUT2D eigenvalue weighted by atomic mass is 10.2. The van der Waals surface area contributed by atoms with Crippen molar-refractivity contribution in [2.45, 2.75) is 20.8 Å². The van der Waals surface area contributed by atoms with Crippen LogP contribution in [0.3, 0.4) is 0 Å². The van der Waals surface area contributed by atoms with Gasteiger partial charge in [-0.05, 0) is 27.4 Å². The van der Waals surface area contributed by atoms with Gasteiger partial charge >= 0.3 is 0 Å². The molecule has 4 heteroatoms. The number of nitrogens with zero attached hydrogens (tertiary/aromatic N) is 4. The first kappa shape index (κ1) is 18.9. The van der Waals surface area contributed by atoms with Gasteiger partial charge in [-0.15, -0.1) is 0 Å². The first-order valence-corrected chi connectivity index (χ1v) is 8.94. The molecule has 2 aliphatic rings. The van der Waals surface area contributed by atoms with E-state index in [1.54, 1.807) is 0 Å². The molecule has 0 N–H and O–H groups in total. The van der Waals surface area contributed by atoms with Crippen LogP contribution in [0.25, 0.3) is 0 Å². The van der Waals surface area contributed by atoms with Crippen LogP contribution in [0.1, 0.15) is 20.8 Å². The van der Waals surface area contributed by atoms with Gasteiger partial charge in [0, 0.05) is 26.2 Å². The van der Waals surface area contributed by atoms with Crippen molar-refractivity contribution in [1.82, 2.24) is 9.80 Å². The predicted octanol–water partition coefficient (Wildman–Crippen LogP) is 1.19. The molecule has 0 unspecified atom stereocenters. The summed E-state index contributed by atoms with van der Waals surface area (Å²) in [6, 6.07) is 0. The minimum atomic E-state index is 1.20. The second kappa shape index (κ2) is 8.47. The lowest BCUT2D eigenvalue weighted by Gasteiger charge is -2.43. The largest absolute Gasteiger partial charge is 0.326 e. The van der Waals surface area contributed by atoms with Gasteiger partial charge in [0.05, 0.1) is 53.4 Å². The minimum Gasteiger partial charge on any atom is -0.326 e. The maximum atomic E-state index is 2.56. The van der Waals surface area contributed by atoms with E-state index in [0.717, 1.165) is 0 Å². The summed E-state index contributed by atoms with van der Waals surface area (Å²) < 4.78 is 2.54. The second-order valence-corrected chi connectivity index (χ2v) is 7.54. The van der Waals surface area contributed by atoms with Gasteiger partial charge in [-0.3, -0.25) is 9.80 Å². The van der Waals surface area contributed by atoms with Crippen LogP contribution in [0.2, 0.25) is 0 Å². The van der Waals surface area contributed by atoms with E-state index in [1.165, 1.54) is 81.0 Å². The van der Waals surface area contributed by atoms with Crippen LogP contribution in [0.5, 0.6) is 0 Å². The SMILES string of the molecule is CCN1CC[N+](CC)(CC)CC1.CN1CC[N+](C)(C)CC1. The molecule has 0 saturated carbocycles. The van der Waals surface area contributed by atoms with Crippen LogP contribution in [0, 0.1) is 0 Å². The fourth-order valence-corrected chi connectivity index (χ4v) is 3.21. The number of rotatable bonds is 3. The fraction of sp³-hybridized carbons (Fsp3) is 1.00. The summed E-state index contributed by atoms with van der Waals surface area (Å²) in [6.07, 6.45) is 0. The monoisotopic (exact) mass is 300 g/mol. The molecule has 0 radical (unpaired) electrons. The van der Waals surface area contributed by atoms with Crippen molar-refractivity contribution in [2.75, 3.05) is 93.1 Å². The van der Waals surface area contributed by atoms with E-state index < -0.39 is 0 Å². The summed E-state index contributed by atoms with van der Waals surface area (Å²) in [6.45, 7) is 21.2. The highest BCUT2D eigenvalue weighted by Crippen LogP contribution is 2.11.